The van der Waals surface area contributed by atoms with Crippen molar-refractivity contribution in [3.05, 3.63) is 119 Å². The van der Waals surface area contributed by atoms with Gasteiger partial charge in [0.1, 0.15) is 0 Å². The third-order valence-electron chi connectivity index (χ3n) is 9.48. The van der Waals surface area contributed by atoms with Crippen LogP contribution in [0.15, 0.2) is 97.1 Å². The number of carbonyl (C=O) groups is 2. The van der Waals surface area contributed by atoms with Crippen molar-refractivity contribution in [3.8, 4) is 11.1 Å². The maximum absolute atomic E-state index is 12.6. The number of anilines is 2. The number of ether oxygens (including phenoxy) is 2. The van der Waals surface area contributed by atoms with E-state index in [2.05, 4.69) is 58.0 Å². The summed E-state index contributed by atoms with van der Waals surface area (Å²) in [5.74, 6) is -0.268. The molecule has 0 radical (unpaired) electrons. The fourth-order valence-electron chi connectivity index (χ4n) is 6.71. The number of aliphatic hydroxyl groups excluding tert-OH is 1. The summed E-state index contributed by atoms with van der Waals surface area (Å²) in [7, 11) is 0. The average Bonchev–Trinajstić information content (AvgIpc) is 3.15. The molecule has 2 heterocycles. The van der Waals surface area contributed by atoms with E-state index in [0.29, 0.717) is 24.3 Å². The highest BCUT2D eigenvalue weighted by atomic mass is 16.7. The number of para-hydroxylation sites is 2. The summed E-state index contributed by atoms with van der Waals surface area (Å²) in [6.45, 7) is 3.50. The zero-order chi connectivity index (χ0) is 34.7. The van der Waals surface area contributed by atoms with Crippen LogP contribution in [0.25, 0.3) is 11.1 Å². The SMILES string of the molecule is Nc1ccccc1NC(=O)CCCC(=O)NCc1cccc(-c2cccc([C@@H]3O[C@H](CN4CCCCC4)C[C@H](c4ccc(CO)cc4)O3)c2)c1. The maximum atomic E-state index is 12.6. The maximum Gasteiger partial charge on any atom is 0.224 e. The van der Waals surface area contributed by atoms with Gasteiger partial charge in [-0.2, -0.15) is 0 Å². The van der Waals surface area contributed by atoms with Crippen LogP contribution < -0.4 is 16.4 Å². The van der Waals surface area contributed by atoms with Gasteiger partial charge in [0, 0.05) is 37.9 Å². The average molecular weight is 677 g/mol. The summed E-state index contributed by atoms with van der Waals surface area (Å²) in [5, 5.41) is 15.3. The molecule has 9 nitrogen and oxygen atoms in total. The van der Waals surface area contributed by atoms with Crippen LogP contribution in [0.2, 0.25) is 0 Å². The number of amides is 2. The van der Waals surface area contributed by atoms with Gasteiger partial charge in [-0.15, -0.1) is 0 Å². The quantitative estimate of drug-likeness (QED) is 0.114. The number of nitrogens with one attached hydrogen (secondary N) is 2. The smallest absolute Gasteiger partial charge is 0.224 e. The third-order valence-corrected chi connectivity index (χ3v) is 9.48. The Morgan fingerprint density at radius 2 is 1.52 bits per heavy atom. The first-order chi connectivity index (χ1) is 24.4. The van der Waals surface area contributed by atoms with E-state index in [1.807, 2.05) is 42.5 Å². The van der Waals surface area contributed by atoms with Gasteiger partial charge in [0.25, 0.3) is 0 Å². The number of nitrogens with zero attached hydrogens (tertiary/aromatic N) is 1. The molecule has 2 amide bonds. The Bertz CT molecular complexity index is 1720. The van der Waals surface area contributed by atoms with Crippen molar-refractivity contribution in [2.75, 3.05) is 30.7 Å². The van der Waals surface area contributed by atoms with E-state index in [9.17, 15) is 14.7 Å². The molecule has 0 saturated carbocycles. The molecule has 0 unspecified atom stereocenters. The fourth-order valence-corrected chi connectivity index (χ4v) is 6.71. The number of aliphatic hydroxyl groups is 1. The van der Waals surface area contributed by atoms with E-state index in [1.54, 1.807) is 12.1 Å². The summed E-state index contributed by atoms with van der Waals surface area (Å²) >= 11 is 0. The zero-order valence-electron chi connectivity index (χ0n) is 28.6. The number of nitrogens with two attached hydrogens (primary N) is 1. The lowest BCUT2D eigenvalue weighted by molar-refractivity contribution is -0.253. The standard InChI is InChI=1S/C41H48N4O5/c42-36-13-2-3-14-37(36)44-40(48)16-8-15-39(47)43-26-30-9-6-10-32(23-30)33-11-7-12-34(24-33)41-49-35(27-45-21-4-1-5-22-45)25-38(50-41)31-19-17-29(28-46)18-20-31/h2-3,6-7,9-14,17-20,23-24,35,38,41,46H,1,4-5,8,15-16,21-22,25-28,42H2,(H,43,47)(H,44,48)/t35-,38+,41+/m0/s1. The van der Waals surface area contributed by atoms with E-state index >= 15 is 0 Å². The van der Waals surface area contributed by atoms with Crippen LogP contribution >= 0.6 is 0 Å². The predicted molar refractivity (Wildman–Crippen MR) is 196 cm³/mol. The summed E-state index contributed by atoms with van der Waals surface area (Å²) < 4.78 is 13.3. The molecule has 2 aliphatic heterocycles. The fraction of sp³-hybridized carbons (Fsp3) is 0.366. The number of piperidine rings is 1. The highest BCUT2D eigenvalue weighted by molar-refractivity contribution is 5.94. The molecule has 0 aliphatic carbocycles. The van der Waals surface area contributed by atoms with Crippen molar-refractivity contribution in [1.82, 2.24) is 10.2 Å². The molecule has 0 aromatic heterocycles. The summed E-state index contributed by atoms with van der Waals surface area (Å²) in [5.41, 5.74) is 13.0. The molecule has 6 rings (SSSR count). The summed E-state index contributed by atoms with van der Waals surface area (Å²) in [6, 6.07) is 31.6. The van der Waals surface area contributed by atoms with Gasteiger partial charge in [0.05, 0.1) is 30.2 Å². The number of hydrogen-bond donors (Lipinski definition) is 4. The molecule has 2 fully saturated rings. The number of benzene rings is 4. The molecule has 9 heteroatoms. The van der Waals surface area contributed by atoms with Crippen LogP contribution in [-0.4, -0.2) is 47.6 Å². The lowest BCUT2D eigenvalue weighted by Gasteiger charge is -2.39. The second kappa shape index (κ2) is 17.4. The number of nitrogen functional groups attached to an aromatic ring is 1. The Morgan fingerprint density at radius 1 is 0.780 bits per heavy atom. The van der Waals surface area contributed by atoms with E-state index in [4.69, 9.17) is 15.2 Å². The van der Waals surface area contributed by atoms with Crippen LogP contribution in [0.5, 0.6) is 0 Å². The summed E-state index contributed by atoms with van der Waals surface area (Å²) in [4.78, 5) is 27.4. The highest BCUT2D eigenvalue weighted by Crippen LogP contribution is 2.39. The van der Waals surface area contributed by atoms with Crippen LogP contribution in [0.3, 0.4) is 0 Å². The lowest BCUT2D eigenvalue weighted by atomic mass is 9.98. The topological polar surface area (TPSA) is 126 Å². The van der Waals surface area contributed by atoms with Gasteiger partial charge in [0.15, 0.2) is 6.29 Å². The van der Waals surface area contributed by atoms with Gasteiger partial charge in [-0.05, 0) is 84.4 Å². The van der Waals surface area contributed by atoms with Crippen LogP contribution in [0.1, 0.15) is 79.6 Å². The van der Waals surface area contributed by atoms with Gasteiger partial charge in [0.2, 0.25) is 11.8 Å². The predicted octanol–water partition coefficient (Wildman–Crippen LogP) is 6.88. The Morgan fingerprint density at radius 3 is 2.30 bits per heavy atom. The van der Waals surface area contributed by atoms with Crippen molar-refractivity contribution in [2.24, 2.45) is 0 Å². The van der Waals surface area contributed by atoms with Gasteiger partial charge in [-0.25, -0.2) is 0 Å². The molecule has 2 aliphatic rings. The first kappa shape index (κ1) is 35.3. The molecule has 5 N–H and O–H groups in total. The Kier molecular flexibility index (Phi) is 12.3. The van der Waals surface area contributed by atoms with Gasteiger partial charge in [-0.3, -0.25) is 9.59 Å². The molecular formula is C41H48N4O5. The van der Waals surface area contributed by atoms with Crippen molar-refractivity contribution in [1.29, 1.82) is 0 Å². The van der Waals surface area contributed by atoms with E-state index in [0.717, 1.165) is 59.4 Å². The van der Waals surface area contributed by atoms with Crippen molar-refractivity contribution in [3.63, 3.8) is 0 Å². The molecular weight excluding hydrogens is 628 g/mol. The minimum atomic E-state index is -0.518. The second-order valence-electron chi connectivity index (χ2n) is 13.3. The molecule has 4 aromatic carbocycles. The third kappa shape index (κ3) is 9.79. The Labute approximate surface area is 294 Å². The monoisotopic (exact) mass is 676 g/mol. The molecule has 0 spiro atoms. The second-order valence-corrected chi connectivity index (χ2v) is 13.3. The Balaban J connectivity index is 1.07. The zero-order valence-corrected chi connectivity index (χ0v) is 28.6. The van der Waals surface area contributed by atoms with E-state index < -0.39 is 6.29 Å². The van der Waals surface area contributed by atoms with Crippen molar-refractivity contribution in [2.45, 2.75) is 76.6 Å². The number of rotatable bonds is 13. The normalized spacial score (nSPS) is 19.5. The minimum absolute atomic E-state index is 0.0156. The molecule has 4 aromatic rings. The largest absolute Gasteiger partial charge is 0.397 e. The van der Waals surface area contributed by atoms with Crippen LogP contribution in [0, 0.1) is 0 Å². The van der Waals surface area contributed by atoms with Gasteiger partial charge < -0.3 is 35.8 Å². The first-order valence-corrected chi connectivity index (χ1v) is 17.8. The Hall–Kier alpha value is -4.54. The van der Waals surface area contributed by atoms with Gasteiger partial charge >= 0.3 is 0 Å². The van der Waals surface area contributed by atoms with Gasteiger partial charge in [-0.1, -0.05) is 79.2 Å². The van der Waals surface area contributed by atoms with Crippen LogP contribution in [-0.2, 0) is 32.2 Å². The number of likely N-dealkylation sites (tertiary alicyclic amines) is 1. The van der Waals surface area contributed by atoms with Crippen LogP contribution in [0.4, 0.5) is 11.4 Å². The highest BCUT2D eigenvalue weighted by Gasteiger charge is 2.33. The number of hydrogen-bond acceptors (Lipinski definition) is 7. The minimum Gasteiger partial charge on any atom is -0.397 e. The first-order valence-electron chi connectivity index (χ1n) is 17.8. The summed E-state index contributed by atoms with van der Waals surface area (Å²) in [6.07, 6.45) is 4.85. The van der Waals surface area contributed by atoms with Crippen molar-refractivity contribution >= 4 is 23.2 Å². The lowest BCUT2D eigenvalue weighted by Crippen LogP contribution is -2.41. The molecule has 262 valence electrons. The molecule has 3 atom stereocenters. The molecule has 2 saturated heterocycles. The number of carbonyl (C=O) groups excluding carboxylic acids is 2. The molecule has 50 heavy (non-hydrogen) atoms. The van der Waals surface area contributed by atoms with E-state index in [1.165, 1.54) is 19.3 Å². The van der Waals surface area contributed by atoms with Crippen molar-refractivity contribution < 1.29 is 24.2 Å². The molecule has 0 bridgehead atoms. The van der Waals surface area contributed by atoms with E-state index in [-0.39, 0.29) is 43.5 Å².